The van der Waals surface area contributed by atoms with Gasteiger partial charge < -0.3 is 10.6 Å². The summed E-state index contributed by atoms with van der Waals surface area (Å²) in [6.07, 6.45) is 6.71. The molecule has 1 fully saturated rings. The molecule has 0 aromatic heterocycles. The fourth-order valence-electron chi connectivity index (χ4n) is 3.31. The summed E-state index contributed by atoms with van der Waals surface area (Å²) in [6.45, 7) is 7.30. The van der Waals surface area contributed by atoms with E-state index in [0.717, 1.165) is 38.9 Å². The number of nitrogens with zero attached hydrogens (tertiary/aromatic N) is 2. The van der Waals surface area contributed by atoms with Crippen molar-refractivity contribution in [2.75, 3.05) is 26.2 Å². The van der Waals surface area contributed by atoms with Gasteiger partial charge in [-0.2, -0.15) is 0 Å². The first-order valence-electron chi connectivity index (χ1n) is 7.59. The quantitative estimate of drug-likeness (QED) is 0.821. The molecule has 19 heavy (non-hydrogen) atoms. The van der Waals surface area contributed by atoms with Gasteiger partial charge in [0.15, 0.2) is 0 Å². The van der Waals surface area contributed by atoms with E-state index in [-0.39, 0.29) is 5.91 Å². The molecule has 0 radical (unpaired) electrons. The molecule has 2 aliphatic rings. The fraction of sp³-hybridized carbons (Fsp3) is 0.800. The first kappa shape index (κ1) is 14.5. The maximum absolute atomic E-state index is 12.5. The third-order valence-electron chi connectivity index (χ3n) is 4.44. The predicted molar refractivity (Wildman–Crippen MR) is 77.5 cm³/mol. The lowest BCUT2D eigenvalue weighted by atomic mass is 10.1. The molecular formula is C15H27N3O. The molecule has 1 amide bonds. The zero-order valence-corrected chi connectivity index (χ0v) is 12.3. The monoisotopic (exact) mass is 265 g/mol. The molecule has 1 aliphatic carbocycles. The van der Waals surface area contributed by atoms with Crippen molar-refractivity contribution < 1.29 is 4.79 Å². The van der Waals surface area contributed by atoms with E-state index < -0.39 is 0 Å². The predicted octanol–water partition coefficient (Wildman–Crippen LogP) is 1.57. The van der Waals surface area contributed by atoms with Crippen molar-refractivity contribution in [2.45, 2.75) is 45.6 Å². The van der Waals surface area contributed by atoms with Crippen molar-refractivity contribution in [1.82, 2.24) is 9.80 Å². The number of rotatable bonds is 5. The van der Waals surface area contributed by atoms with E-state index in [9.17, 15) is 4.79 Å². The lowest BCUT2D eigenvalue weighted by molar-refractivity contribution is -0.130. The van der Waals surface area contributed by atoms with Gasteiger partial charge in [-0.1, -0.05) is 6.08 Å². The summed E-state index contributed by atoms with van der Waals surface area (Å²) in [5, 5.41) is 0. The largest absolute Gasteiger partial charge is 0.330 e. The molecule has 0 bridgehead atoms. The van der Waals surface area contributed by atoms with Gasteiger partial charge in [-0.3, -0.25) is 9.69 Å². The maximum atomic E-state index is 12.5. The molecule has 2 atom stereocenters. The van der Waals surface area contributed by atoms with Crippen molar-refractivity contribution >= 4 is 5.91 Å². The van der Waals surface area contributed by atoms with Crippen LogP contribution in [0.25, 0.3) is 0 Å². The molecule has 2 N–H and O–H groups in total. The minimum atomic E-state index is 0.250. The Labute approximate surface area is 116 Å². The molecule has 1 saturated heterocycles. The maximum Gasteiger partial charge on any atom is 0.240 e. The molecule has 1 heterocycles. The Morgan fingerprint density at radius 1 is 1.58 bits per heavy atom. The topological polar surface area (TPSA) is 49.6 Å². The second-order valence-electron chi connectivity index (χ2n) is 5.84. The first-order chi connectivity index (χ1) is 9.15. The average Bonchev–Trinajstić information content (AvgIpc) is 3.01. The summed E-state index contributed by atoms with van der Waals surface area (Å²) in [7, 11) is 0. The van der Waals surface area contributed by atoms with Crippen LogP contribution in [-0.2, 0) is 4.79 Å². The SMILES string of the molecule is CCN(C(=O)CN1CC(CN)CC1C)C1=CCCC1. The highest BCUT2D eigenvalue weighted by Crippen LogP contribution is 2.24. The van der Waals surface area contributed by atoms with Gasteiger partial charge in [0.25, 0.3) is 0 Å². The van der Waals surface area contributed by atoms with Gasteiger partial charge in [-0.05, 0) is 52.0 Å². The summed E-state index contributed by atoms with van der Waals surface area (Å²) < 4.78 is 0. The summed E-state index contributed by atoms with van der Waals surface area (Å²) in [4.78, 5) is 16.7. The van der Waals surface area contributed by atoms with E-state index in [4.69, 9.17) is 5.73 Å². The van der Waals surface area contributed by atoms with E-state index in [1.165, 1.54) is 12.1 Å². The van der Waals surface area contributed by atoms with Gasteiger partial charge in [-0.25, -0.2) is 0 Å². The number of hydrogen-bond acceptors (Lipinski definition) is 3. The van der Waals surface area contributed by atoms with Crippen LogP contribution in [0.4, 0.5) is 0 Å². The van der Waals surface area contributed by atoms with Gasteiger partial charge in [0.2, 0.25) is 5.91 Å². The molecule has 4 nitrogen and oxygen atoms in total. The molecule has 2 unspecified atom stereocenters. The van der Waals surface area contributed by atoms with Gasteiger partial charge in [0.1, 0.15) is 0 Å². The molecule has 0 saturated carbocycles. The second kappa shape index (κ2) is 6.53. The molecule has 1 aliphatic heterocycles. The van der Waals surface area contributed by atoms with Crippen LogP contribution in [0.1, 0.15) is 39.5 Å². The third-order valence-corrected chi connectivity index (χ3v) is 4.44. The Hall–Kier alpha value is -0.870. The van der Waals surface area contributed by atoms with Crippen LogP contribution in [-0.4, -0.2) is 47.9 Å². The molecule has 0 aromatic rings. The van der Waals surface area contributed by atoms with Crippen LogP contribution in [0.15, 0.2) is 11.8 Å². The van der Waals surface area contributed by atoms with Gasteiger partial charge in [-0.15, -0.1) is 0 Å². The number of amides is 1. The Morgan fingerprint density at radius 3 is 2.89 bits per heavy atom. The Morgan fingerprint density at radius 2 is 2.37 bits per heavy atom. The second-order valence-corrected chi connectivity index (χ2v) is 5.84. The highest BCUT2D eigenvalue weighted by atomic mass is 16.2. The summed E-state index contributed by atoms with van der Waals surface area (Å²) in [6, 6.07) is 0.480. The van der Waals surface area contributed by atoms with Crippen molar-refractivity contribution in [1.29, 1.82) is 0 Å². The molecule has 0 spiro atoms. The van der Waals surface area contributed by atoms with Crippen LogP contribution in [0.2, 0.25) is 0 Å². The minimum Gasteiger partial charge on any atom is -0.330 e. The zero-order valence-electron chi connectivity index (χ0n) is 12.3. The van der Waals surface area contributed by atoms with Crippen molar-refractivity contribution in [3.63, 3.8) is 0 Å². The van der Waals surface area contributed by atoms with E-state index in [1.54, 1.807) is 0 Å². The Balaban J connectivity index is 1.92. The summed E-state index contributed by atoms with van der Waals surface area (Å²) in [5.74, 6) is 0.809. The van der Waals surface area contributed by atoms with E-state index in [0.29, 0.717) is 18.5 Å². The van der Waals surface area contributed by atoms with Crippen molar-refractivity contribution in [3.8, 4) is 0 Å². The lowest BCUT2D eigenvalue weighted by Gasteiger charge is -2.27. The fourth-order valence-corrected chi connectivity index (χ4v) is 3.31. The van der Waals surface area contributed by atoms with Crippen LogP contribution >= 0.6 is 0 Å². The number of likely N-dealkylation sites (N-methyl/N-ethyl adjacent to an activating group) is 1. The molecular weight excluding hydrogens is 238 g/mol. The molecule has 0 aromatic carbocycles. The number of likely N-dealkylation sites (tertiary alicyclic amines) is 1. The summed E-state index contributed by atoms with van der Waals surface area (Å²) in [5.41, 5.74) is 6.97. The highest BCUT2D eigenvalue weighted by molar-refractivity contribution is 5.80. The smallest absolute Gasteiger partial charge is 0.240 e. The summed E-state index contributed by atoms with van der Waals surface area (Å²) >= 11 is 0. The lowest BCUT2D eigenvalue weighted by Crippen LogP contribution is -2.41. The number of hydrogen-bond donors (Lipinski definition) is 1. The Bertz CT molecular complexity index is 353. The third kappa shape index (κ3) is 3.37. The first-order valence-corrected chi connectivity index (χ1v) is 7.59. The van der Waals surface area contributed by atoms with Crippen LogP contribution in [0, 0.1) is 5.92 Å². The van der Waals surface area contributed by atoms with Gasteiger partial charge in [0.05, 0.1) is 6.54 Å². The zero-order chi connectivity index (χ0) is 13.8. The van der Waals surface area contributed by atoms with E-state index in [1.807, 2.05) is 4.90 Å². The van der Waals surface area contributed by atoms with Gasteiger partial charge in [0, 0.05) is 24.8 Å². The van der Waals surface area contributed by atoms with E-state index >= 15 is 0 Å². The number of carbonyl (C=O) groups is 1. The standard InChI is InChI=1S/C15H27N3O/c1-3-18(14-6-4-5-7-14)15(19)11-17-10-13(9-16)8-12(17)2/h6,12-13H,3-5,7-11,16H2,1-2H3. The van der Waals surface area contributed by atoms with Crippen LogP contribution in [0.5, 0.6) is 0 Å². The molecule has 4 heteroatoms. The molecule has 2 rings (SSSR count). The Kier molecular flexibility index (Phi) is 4.99. The minimum absolute atomic E-state index is 0.250. The number of nitrogens with two attached hydrogens (primary N) is 1. The highest BCUT2D eigenvalue weighted by Gasteiger charge is 2.30. The molecule has 108 valence electrons. The van der Waals surface area contributed by atoms with Crippen LogP contribution < -0.4 is 5.73 Å². The van der Waals surface area contributed by atoms with Crippen molar-refractivity contribution in [2.24, 2.45) is 11.7 Å². The number of allylic oxidation sites excluding steroid dienone is 2. The van der Waals surface area contributed by atoms with E-state index in [2.05, 4.69) is 24.8 Å². The van der Waals surface area contributed by atoms with Gasteiger partial charge >= 0.3 is 0 Å². The van der Waals surface area contributed by atoms with Crippen molar-refractivity contribution in [3.05, 3.63) is 11.8 Å². The normalized spacial score (nSPS) is 27.6. The number of carbonyl (C=O) groups excluding carboxylic acids is 1. The van der Waals surface area contributed by atoms with Crippen LogP contribution in [0.3, 0.4) is 0 Å². The average molecular weight is 265 g/mol.